The van der Waals surface area contributed by atoms with Crippen LogP contribution in [0.4, 0.5) is 0 Å². The van der Waals surface area contributed by atoms with Gasteiger partial charge < -0.3 is 24.9 Å². The van der Waals surface area contributed by atoms with Crippen LogP contribution >= 0.6 is 0 Å². The van der Waals surface area contributed by atoms with E-state index in [0.29, 0.717) is 11.1 Å². The molecule has 168 valence electrons. The molecule has 0 radical (unpaired) electrons. The van der Waals surface area contributed by atoms with E-state index in [9.17, 15) is 9.59 Å². The summed E-state index contributed by atoms with van der Waals surface area (Å²) in [6.07, 6.45) is 3.03. The van der Waals surface area contributed by atoms with Crippen LogP contribution in [0.25, 0.3) is 11.0 Å². The van der Waals surface area contributed by atoms with Crippen LogP contribution < -0.4 is 11.1 Å². The Kier molecular flexibility index (Phi) is 6.69. The minimum atomic E-state index is -0.523. The van der Waals surface area contributed by atoms with Crippen molar-refractivity contribution in [1.29, 1.82) is 5.41 Å². The van der Waals surface area contributed by atoms with Gasteiger partial charge in [-0.05, 0) is 71.6 Å². The molecule has 1 amide bonds. The van der Waals surface area contributed by atoms with Gasteiger partial charge in [-0.1, -0.05) is 0 Å². The number of furan rings is 1. The lowest BCUT2D eigenvalue weighted by atomic mass is 9.93. The highest BCUT2D eigenvalue weighted by molar-refractivity contribution is 6.02. The number of hydrogen-bond acceptors (Lipinski definition) is 6. The van der Waals surface area contributed by atoms with Crippen LogP contribution in [0.15, 0.2) is 22.6 Å². The molecule has 0 spiro atoms. The van der Waals surface area contributed by atoms with Gasteiger partial charge in [-0.25, -0.2) is 4.79 Å². The number of carbonyl (C=O) groups excluding carboxylic acids is 2. The number of fused-ring (bicyclic) bond motifs is 1. The zero-order valence-electron chi connectivity index (χ0n) is 18.5. The third kappa shape index (κ3) is 5.85. The lowest BCUT2D eigenvalue weighted by Crippen LogP contribution is -2.39. The lowest BCUT2D eigenvalue weighted by molar-refractivity contribution is -0.162. The number of hydrogen-bond donors (Lipinski definition) is 3. The van der Waals surface area contributed by atoms with Crippen molar-refractivity contribution < 1.29 is 23.5 Å². The molecule has 1 aliphatic rings. The number of amidine groups is 1. The van der Waals surface area contributed by atoms with E-state index in [1.165, 1.54) is 0 Å². The molecule has 4 N–H and O–H groups in total. The maximum Gasteiger partial charge on any atom is 0.332 e. The SMILES string of the molecule is Cc1c(C(=O)N[C@H]2CC[C@H](OCC(=O)OC(C)(C)C)CC2)oc2ccc(C(=N)N)cc12. The van der Waals surface area contributed by atoms with Crippen LogP contribution in [0.5, 0.6) is 0 Å². The summed E-state index contributed by atoms with van der Waals surface area (Å²) in [4.78, 5) is 24.6. The molecule has 1 heterocycles. The Morgan fingerprint density at radius 2 is 1.90 bits per heavy atom. The first-order valence-corrected chi connectivity index (χ1v) is 10.6. The molecule has 1 fully saturated rings. The highest BCUT2D eigenvalue weighted by atomic mass is 16.6. The molecule has 8 nitrogen and oxygen atoms in total. The van der Waals surface area contributed by atoms with Crippen molar-refractivity contribution >= 4 is 28.7 Å². The van der Waals surface area contributed by atoms with E-state index in [1.807, 2.05) is 27.7 Å². The van der Waals surface area contributed by atoms with Gasteiger partial charge in [-0.2, -0.15) is 0 Å². The molecule has 1 aromatic carbocycles. The Hall–Kier alpha value is -2.87. The van der Waals surface area contributed by atoms with Crippen molar-refractivity contribution in [2.45, 2.75) is 71.1 Å². The average Bonchev–Trinajstić information content (AvgIpc) is 3.02. The fraction of sp³-hybridized carbons (Fsp3) is 0.522. The highest BCUT2D eigenvalue weighted by Gasteiger charge is 2.26. The minimum Gasteiger partial charge on any atom is -0.458 e. The number of benzene rings is 1. The molecule has 1 saturated carbocycles. The second-order valence-corrected chi connectivity index (χ2v) is 9.03. The largest absolute Gasteiger partial charge is 0.458 e. The van der Waals surface area contributed by atoms with E-state index >= 15 is 0 Å². The summed E-state index contributed by atoms with van der Waals surface area (Å²) in [6, 6.07) is 5.21. The van der Waals surface area contributed by atoms with E-state index in [-0.39, 0.29) is 42.2 Å². The van der Waals surface area contributed by atoms with Gasteiger partial charge >= 0.3 is 5.97 Å². The van der Waals surface area contributed by atoms with Crippen molar-refractivity contribution in [3.63, 3.8) is 0 Å². The molecule has 0 atom stereocenters. The molecule has 31 heavy (non-hydrogen) atoms. The molecule has 1 aliphatic carbocycles. The number of rotatable bonds is 6. The first-order chi connectivity index (χ1) is 14.5. The zero-order chi connectivity index (χ0) is 22.8. The average molecular weight is 430 g/mol. The molecule has 0 aliphatic heterocycles. The lowest BCUT2D eigenvalue weighted by Gasteiger charge is -2.29. The number of ether oxygens (including phenoxy) is 2. The summed E-state index contributed by atoms with van der Waals surface area (Å²) in [6.45, 7) is 7.24. The van der Waals surface area contributed by atoms with E-state index in [0.717, 1.165) is 36.6 Å². The summed E-state index contributed by atoms with van der Waals surface area (Å²) in [5, 5.41) is 11.4. The van der Waals surface area contributed by atoms with Gasteiger partial charge in [0.1, 0.15) is 23.6 Å². The van der Waals surface area contributed by atoms with Gasteiger partial charge in [0.15, 0.2) is 5.76 Å². The standard InChI is InChI=1S/C23H31N3O5/c1-13-17-11-14(21(24)25)5-10-18(17)30-20(13)22(28)26-15-6-8-16(9-7-15)29-12-19(27)31-23(2,3)4/h5,10-11,15-16H,6-9,12H2,1-4H3,(H3,24,25)(H,26,28)/t15-,16-. The maximum atomic E-state index is 12.8. The smallest absolute Gasteiger partial charge is 0.332 e. The van der Waals surface area contributed by atoms with E-state index in [1.54, 1.807) is 18.2 Å². The second-order valence-electron chi connectivity index (χ2n) is 9.03. The summed E-state index contributed by atoms with van der Waals surface area (Å²) < 4.78 is 16.7. The third-order valence-electron chi connectivity index (χ3n) is 5.32. The topological polar surface area (TPSA) is 128 Å². The van der Waals surface area contributed by atoms with Crippen LogP contribution in [-0.2, 0) is 14.3 Å². The van der Waals surface area contributed by atoms with Crippen molar-refractivity contribution in [3.8, 4) is 0 Å². The number of nitrogens with one attached hydrogen (secondary N) is 2. The Morgan fingerprint density at radius 3 is 2.52 bits per heavy atom. The molecular formula is C23H31N3O5. The monoisotopic (exact) mass is 429 g/mol. The minimum absolute atomic E-state index is 0.0152. The first-order valence-electron chi connectivity index (χ1n) is 10.6. The Morgan fingerprint density at radius 1 is 1.23 bits per heavy atom. The summed E-state index contributed by atoms with van der Waals surface area (Å²) >= 11 is 0. The Balaban J connectivity index is 1.53. The van der Waals surface area contributed by atoms with Crippen molar-refractivity contribution in [2.75, 3.05) is 6.61 Å². The summed E-state index contributed by atoms with van der Waals surface area (Å²) in [7, 11) is 0. The van der Waals surface area contributed by atoms with E-state index in [2.05, 4.69) is 5.32 Å². The number of nitrogens with two attached hydrogens (primary N) is 1. The Labute approximate surface area is 182 Å². The fourth-order valence-corrected chi connectivity index (χ4v) is 3.79. The van der Waals surface area contributed by atoms with Gasteiger partial charge in [0.2, 0.25) is 0 Å². The molecule has 0 saturated heterocycles. The first kappa shape index (κ1) is 22.8. The van der Waals surface area contributed by atoms with Crippen LogP contribution in [0, 0.1) is 12.3 Å². The normalized spacial score (nSPS) is 19.2. The zero-order valence-corrected chi connectivity index (χ0v) is 18.5. The molecular weight excluding hydrogens is 398 g/mol. The molecule has 8 heteroatoms. The summed E-state index contributed by atoms with van der Waals surface area (Å²) in [5.74, 6) is -0.370. The summed E-state index contributed by atoms with van der Waals surface area (Å²) in [5.41, 5.74) is 6.94. The maximum absolute atomic E-state index is 12.8. The van der Waals surface area contributed by atoms with Crippen molar-refractivity contribution in [1.82, 2.24) is 5.32 Å². The number of esters is 1. The predicted molar refractivity (Wildman–Crippen MR) is 117 cm³/mol. The molecule has 1 aromatic heterocycles. The van der Waals surface area contributed by atoms with Gasteiger partial charge in [-0.15, -0.1) is 0 Å². The van der Waals surface area contributed by atoms with Gasteiger partial charge in [0.05, 0.1) is 6.10 Å². The highest BCUT2D eigenvalue weighted by Crippen LogP contribution is 2.27. The Bertz CT molecular complexity index is 981. The molecule has 0 bridgehead atoms. The van der Waals surface area contributed by atoms with Crippen molar-refractivity contribution in [2.24, 2.45) is 5.73 Å². The van der Waals surface area contributed by atoms with Gasteiger partial charge in [0, 0.05) is 22.6 Å². The van der Waals surface area contributed by atoms with Crippen LogP contribution in [0.1, 0.15) is 68.1 Å². The van der Waals surface area contributed by atoms with Crippen molar-refractivity contribution in [3.05, 3.63) is 35.1 Å². The second kappa shape index (κ2) is 9.09. The fourth-order valence-electron chi connectivity index (χ4n) is 3.79. The quantitative estimate of drug-likeness (QED) is 0.367. The van der Waals surface area contributed by atoms with Crippen LogP contribution in [0.2, 0.25) is 0 Å². The van der Waals surface area contributed by atoms with Crippen LogP contribution in [-0.4, -0.2) is 42.1 Å². The molecule has 2 aromatic rings. The molecule has 3 rings (SSSR count). The molecule has 0 unspecified atom stereocenters. The van der Waals surface area contributed by atoms with Gasteiger partial charge in [-0.3, -0.25) is 10.2 Å². The van der Waals surface area contributed by atoms with Gasteiger partial charge in [0.25, 0.3) is 5.91 Å². The van der Waals surface area contributed by atoms with E-state index < -0.39 is 5.60 Å². The number of amides is 1. The third-order valence-corrected chi connectivity index (χ3v) is 5.32. The van der Waals surface area contributed by atoms with Crippen LogP contribution in [0.3, 0.4) is 0 Å². The number of nitrogen functional groups attached to an aromatic ring is 1. The number of aryl methyl sites for hydroxylation is 1. The number of carbonyl (C=O) groups is 2. The predicted octanol–water partition coefficient (Wildman–Crippen LogP) is 3.42. The van der Waals surface area contributed by atoms with E-state index in [4.69, 9.17) is 25.0 Å².